The van der Waals surface area contributed by atoms with Crippen LogP contribution < -0.4 is 14.8 Å². The highest BCUT2D eigenvalue weighted by Crippen LogP contribution is 2.34. The topological polar surface area (TPSA) is 86.5 Å². The highest BCUT2D eigenvalue weighted by atomic mass is 32.2. The van der Waals surface area contributed by atoms with Crippen molar-refractivity contribution in [2.24, 2.45) is 5.92 Å². The van der Waals surface area contributed by atoms with Crippen LogP contribution in [0, 0.1) is 19.8 Å². The summed E-state index contributed by atoms with van der Waals surface area (Å²) in [5.74, 6) is 2.21. The van der Waals surface area contributed by atoms with Gasteiger partial charge in [0.2, 0.25) is 11.8 Å². The summed E-state index contributed by atoms with van der Waals surface area (Å²) in [5.41, 5.74) is 4.13. The number of aryl methyl sites for hydroxylation is 2. The number of carbonyl (C=O) groups excluding carboxylic acids is 1. The van der Waals surface area contributed by atoms with E-state index in [1.54, 1.807) is 0 Å². The molecule has 0 spiro atoms. The lowest BCUT2D eigenvalue weighted by molar-refractivity contribution is -0.119. The maximum Gasteiger partial charge on any atom is 0.277 e. The maximum absolute atomic E-state index is 12.7. The standard InChI is InChI=1S/C25H29N3O4S/c1-15(2)23(18-6-7-20-21(13-18)31-9-5-8-30-20)26-22(29)14-33-25-28-27-24(32-25)19-11-16(3)10-17(4)12-19/h6-7,10-13,15,23H,5,8-9,14H2,1-4H3,(H,26,29). The fourth-order valence-corrected chi connectivity index (χ4v) is 4.41. The average molecular weight is 468 g/mol. The molecular weight excluding hydrogens is 438 g/mol. The number of aromatic nitrogens is 2. The van der Waals surface area contributed by atoms with E-state index in [4.69, 9.17) is 13.9 Å². The van der Waals surface area contributed by atoms with E-state index in [-0.39, 0.29) is 23.6 Å². The molecule has 0 aliphatic carbocycles. The number of fused-ring (bicyclic) bond motifs is 1. The minimum Gasteiger partial charge on any atom is -0.490 e. The first-order chi connectivity index (χ1) is 15.9. The molecule has 0 radical (unpaired) electrons. The fourth-order valence-electron chi connectivity index (χ4n) is 3.83. The number of ether oxygens (including phenoxy) is 2. The first kappa shape index (κ1) is 23.2. The molecule has 2 heterocycles. The molecule has 0 saturated carbocycles. The normalized spacial score (nSPS) is 14.1. The van der Waals surface area contributed by atoms with Crippen molar-refractivity contribution in [1.29, 1.82) is 0 Å². The molecule has 0 bridgehead atoms. The van der Waals surface area contributed by atoms with Gasteiger partial charge in [0, 0.05) is 12.0 Å². The van der Waals surface area contributed by atoms with Gasteiger partial charge in [0.05, 0.1) is 25.0 Å². The third-order valence-electron chi connectivity index (χ3n) is 5.32. The fraction of sp³-hybridized carbons (Fsp3) is 0.400. The smallest absolute Gasteiger partial charge is 0.277 e. The zero-order valence-corrected chi connectivity index (χ0v) is 20.2. The summed E-state index contributed by atoms with van der Waals surface area (Å²) in [6.45, 7) is 9.49. The minimum atomic E-state index is -0.149. The van der Waals surface area contributed by atoms with Gasteiger partial charge < -0.3 is 19.2 Å². The molecule has 1 aliphatic heterocycles. The van der Waals surface area contributed by atoms with E-state index in [0.717, 1.165) is 40.2 Å². The van der Waals surface area contributed by atoms with E-state index in [2.05, 4.69) is 35.4 Å². The molecule has 174 valence electrons. The third kappa shape index (κ3) is 5.87. The second-order valence-corrected chi connectivity index (χ2v) is 9.51. The van der Waals surface area contributed by atoms with Crippen molar-refractivity contribution in [3.05, 3.63) is 53.1 Å². The Morgan fingerprint density at radius 3 is 2.48 bits per heavy atom. The monoisotopic (exact) mass is 467 g/mol. The quantitative estimate of drug-likeness (QED) is 0.483. The van der Waals surface area contributed by atoms with Gasteiger partial charge in [0.15, 0.2) is 11.5 Å². The highest BCUT2D eigenvalue weighted by molar-refractivity contribution is 7.99. The first-order valence-corrected chi connectivity index (χ1v) is 12.1. The van der Waals surface area contributed by atoms with E-state index in [9.17, 15) is 4.79 Å². The summed E-state index contributed by atoms with van der Waals surface area (Å²) in [4.78, 5) is 12.7. The number of nitrogens with zero attached hydrogens (tertiary/aromatic N) is 2. The van der Waals surface area contributed by atoms with Crippen LogP contribution in [0.1, 0.15) is 43.0 Å². The molecule has 1 aromatic heterocycles. The number of nitrogens with one attached hydrogen (secondary N) is 1. The van der Waals surface area contributed by atoms with Crippen molar-refractivity contribution >= 4 is 17.7 Å². The second kappa shape index (κ2) is 10.3. The number of thioether (sulfide) groups is 1. The van der Waals surface area contributed by atoms with E-state index in [1.807, 2.05) is 44.2 Å². The van der Waals surface area contributed by atoms with Crippen molar-refractivity contribution < 1.29 is 18.7 Å². The Hall–Kier alpha value is -3.00. The van der Waals surface area contributed by atoms with Gasteiger partial charge in [0.25, 0.3) is 5.22 Å². The molecule has 1 amide bonds. The van der Waals surface area contributed by atoms with Gasteiger partial charge in [-0.2, -0.15) is 0 Å². The van der Waals surface area contributed by atoms with Crippen LogP contribution in [0.3, 0.4) is 0 Å². The van der Waals surface area contributed by atoms with Crippen molar-refractivity contribution in [3.8, 4) is 23.0 Å². The molecule has 7 nitrogen and oxygen atoms in total. The lowest BCUT2D eigenvalue weighted by Crippen LogP contribution is -2.33. The number of rotatable bonds is 7. The molecule has 3 aromatic rings. The average Bonchev–Trinajstić information content (AvgIpc) is 3.12. The van der Waals surface area contributed by atoms with Gasteiger partial charge in [0.1, 0.15) is 0 Å². The van der Waals surface area contributed by atoms with Crippen LogP contribution in [0.2, 0.25) is 0 Å². The molecule has 8 heteroatoms. The Bertz CT molecular complexity index is 1110. The second-order valence-electron chi connectivity index (χ2n) is 8.58. The van der Waals surface area contributed by atoms with Crippen LogP contribution in [0.5, 0.6) is 11.5 Å². The van der Waals surface area contributed by atoms with E-state index >= 15 is 0 Å². The molecule has 1 N–H and O–H groups in total. The Labute approximate surface area is 198 Å². The predicted octanol–water partition coefficient (Wildman–Crippen LogP) is 5.12. The SMILES string of the molecule is Cc1cc(C)cc(-c2nnc(SCC(=O)NC(c3ccc4c(c3)OCCCO4)C(C)C)o2)c1. The summed E-state index contributed by atoms with van der Waals surface area (Å²) in [5, 5.41) is 11.7. The van der Waals surface area contributed by atoms with Crippen molar-refractivity contribution in [3.63, 3.8) is 0 Å². The lowest BCUT2D eigenvalue weighted by Gasteiger charge is -2.23. The van der Waals surface area contributed by atoms with Crippen LogP contribution in [0.15, 0.2) is 46.0 Å². The van der Waals surface area contributed by atoms with E-state index < -0.39 is 0 Å². The van der Waals surface area contributed by atoms with Gasteiger partial charge in [-0.1, -0.05) is 48.9 Å². The number of hydrogen-bond donors (Lipinski definition) is 1. The van der Waals surface area contributed by atoms with Crippen molar-refractivity contribution in [1.82, 2.24) is 15.5 Å². The zero-order chi connectivity index (χ0) is 23.4. The Kier molecular flexibility index (Phi) is 7.23. The molecule has 2 aromatic carbocycles. The molecule has 33 heavy (non-hydrogen) atoms. The first-order valence-electron chi connectivity index (χ1n) is 11.1. The van der Waals surface area contributed by atoms with Crippen molar-refractivity contribution in [2.75, 3.05) is 19.0 Å². The molecular formula is C25H29N3O4S. The Balaban J connectivity index is 1.39. The molecule has 0 fully saturated rings. The minimum absolute atomic E-state index is 0.100. The van der Waals surface area contributed by atoms with Crippen LogP contribution in [-0.4, -0.2) is 35.1 Å². The zero-order valence-electron chi connectivity index (χ0n) is 19.4. The summed E-state index contributed by atoms with van der Waals surface area (Å²) < 4.78 is 17.3. The largest absolute Gasteiger partial charge is 0.490 e. The van der Waals surface area contributed by atoms with Crippen LogP contribution >= 0.6 is 11.8 Å². The Morgan fingerprint density at radius 2 is 1.76 bits per heavy atom. The van der Waals surface area contributed by atoms with Gasteiger partial charge in [-0.3, -0.25) is 4.79 Å². The molecule has 1 atom stereocenters. The number of hydrogen-bond acceptors (Lipinski definition) is 7. The predicted molar refractivity (Wildman–Crippen MR) is 128 cm³/mol. The van der Waals surface area contributed by atoms with Crippen LogP contribution in [0.4, 0.5) is 0 Å². The molecule has 1 aliphatic rings. The summed E-state index contributed by atoms with van der Waals surface area (Å²) in [6, 6.07) is 11.8. The van der Waals surface area contributed by atoms with Gasteiger partial charge in [-0.05, 0) is 49.6 Å². The van der Waals surface area contributed by atoms with Crippen LogP contribution in [0.25, 0.3) is 11.5 Å². The van der Waals surface area contributed by atoms with E-state index in [1.165, 1.54) is 11.8 Å². The third-order valence-corrected chi connectivity index (χ3v) is 6.13. The van der Waals surface area contributed by atoms with Gasteiger partial charge in [-0.25, -0.2) is 0 Å². The van der Waals surface area contributed by atoms with Crippen LogP contribution in [-0.2, 0) is 4.79 Å². The summed E-state index contributed by atoms with van der Waals surface area (Å²) in [7, 11) is 0. The number of benzene rings is 2. The highest BCUT2D eigenvalue weighted by Gasteiger charge is 2.22. The summed E-state index contributed by atoms with van der Waals surface area (Å²) in [6.07, 6.45) is 0.854. The van der Waals surface area contributed by atoms with Crippen molar-refractivity contribution in [2.45, 2.75) is 45.4 Å². The lowest BCUT2D eigenvalue weighted by atomic mass is 9.95. The number of amides is 1. The van der Waals surface area contributed by atoms with Gasteiger partial charge in [-0.15, -0.1) is 10.2 Å². The summed E-state index contributed by atoms with van der Waals surface area (Å²) >= 11 is 1.23. The molecule has 4 rings (SSSR count). The van der Waals surface area contributed by atoms with Gasteiger partial charge >= 0.3 is 0 Å². The maximum atomic E-state index is 12.7. The van der Waals surface area contributed by atoms with E-state index in [0.29, 0.717) is 24.3 Å². The number of carbonyl (C=O) groups is 1. The Morgan fingerprint density at radius 1 is 1.03 bits per heavy atom. The molecule has 1 unspecified atom stereocenters. The molecule has 0 saturated heterocycles.